The van der Waals surface area contributed by atoms with Crippen molar-refractivity contribution in [2.75, 3.05) is 13.1 Å². The van der Waals surface area contributed by atoms with Gasteiger partial charge in [-0.05, 0) is 116 Å². The van der Waals surface area contributed by atoms with Crippen LogP contribution in [-0.2, 0) is 41.6 Å². The summed E-state index contributed by atoms with van der Waals surface area (Å²) in [5.41, 5.74) is 9.32. The number of hydrogen-bond donors (Lipinski definition) is 7. The fourth-order valence-corrected chi connectivity index (χ4v) is 10.7. The van der Waals surface area contributed by atoms with Crippen LogP contribution in [0.25, 0.3) is 0 Å². The van der Waals surface area contributed by atoms with Gasteiger partial charge in [0.1, 0.15) is 24.2 Å². The SMILES string of the molecule is CC(C)C(=O)N[C@H](C(=O)N1C[C@@H](NC(=O)c2ccc(C(=O)N[C@H]3C[C@@H](C(=O)N[C@@H]4CCCc5ccccc54)N(C(=O)[C@@H](NC(=O)[C@H](C)N)C(C)(C)C)C3)cc2)C[C@H]1C(=O)N[C@@H]1CCCc2ccccc21)C(C)(C)C. The van der Waals surface area contributed by atoms with Crippen molar-refractivity contribution in [3.05, 3.63) is 106 Å². The van der Waals surface area contributed by atoms with Gasteiger partial charge in [-0.15, -0.1) is 0 Å². The van der Waals surface area contributed by atoms with Crippen LogP contribution in [0, 0.1) is 16.7 Å². The topological polar surface area (TPSA) is 241 Å². The molecule has 74 heavy (non-hydrogen) atoms. The quantitative estimate of drug-likeness (QED) is 0.120. The minimum Gasteiger partial charge on any atom is -0.347 e. The number of nitrogens with one attached hydrogen (secondary N) is 6. The Hall–Kier alpha value is -6.62. The van der Waals surface area contributed by atoms with Gasteiger partial charge < -0.3 is 47.4 Å². The first-order chi connectivity index (χ1) is 34.9. The molecule has 2 aliphatic carbocycles. The average molecular weight is 1020 g/mol. The molecule has 17 heteroatoms. The maximum Gasteiger partial charge on any atom is 0.251 e. The Labute approximate surface area is 435 Å². The first-order valence-corrected chi connectivity index (χ1v) is 26.4. The van der Waals surface area contributed by atoms with Gasteiger partial charge in [0.05, 0.1) is 18.1 Å². The Morgan fingerprint density at radius 3 is 1.28 bits per heavy atom. The highest BCUT2D eigenvalue weighted by Gasteiger charge is 2.48. The van der Waals surface area contributed by atoms with Gasteiger partial charge >= 0.3 is 0 Å². The lowest BCUT2D eigenvalue weighted by atomic mass is 9.85. The number of nitrogens with two attached hydrogens (primary N) is 1. The van der Waals surface area contributed by atoms with E-state index in [4.69, 9.17) is 5.73 Å². The highest BCUT2D eigenvalue weighted by atomic mass is 16.2. The Morgan fingerprint density at radius 2 is 0.919 bits per heavy atom. The van der Waals surface area contributed by atoms with Crippen molar-refractivity contribution in [3.8, 4) is 0 Å². The van der Waals surface area contributed by atoms with E-state index in [2.05, 4.69) is 44.0 Å². The van der Waals surface area contributed by atoms with Crippen molar-refractivity contribution in [1.29, 1.82) is 0 Å². The summed E-state index contributed by atoms with van der Waals surface area (Å²) < 4.78 is 0. The van der Waals surface area contributed by atoms with Gasteiger partial charge in [0, 0.05) is 42.2 Å². The van der Waals surface area contributed by atoms with E-state index < -0.39 is 82.7 Å². The van der Waals surface area contributed by atoms with Crippen LogP contribution in [0.5, 0.6) is 0 Å². The molecule has 2 saturated heterocycles. The first kappa shape index (κ1) is 55.1. The van der Waals surface area contributed by atoms with Gasteiger partial charge in [0.25, 0.3) is 11.8 Å². The zero-order chi connectivity index (χ0) is 53.8. The molecule has 2 fully saturated rings. The molecule has 7 rings (SSSR count). The molecular weight excluding hydrogens is 939 g/mol. The third-order valence-electron chi connectivity index (χ3n) is 15.0. The number of rotatable bonds is 14. The Morgan fingerprint density at radius 1 is 0.541 bits per heavy atom. The molecule has 17 nitrogen and oxygen atoms in total. The van der Waals surface area contributed by atoms with Gasteiger partial charge in [-0.3, -0.25) is 38.4 Å². The van der Waals surface area contributed by atoms with E-state index in [1.54, 1.807) is 13.8 Å². The lowest BCUT2D eigenvalue weighted by molar-refractivity contribution is -0.144. The van der Waals surface area contributed by atoms with Gasteiger partial charge in [-0.25, -0.2) is 0 Å². The average Bonchev–Trinajstić information content (AvgIpc) is 3.98. The monoisotopic (exact) mass is 1020 g/mol. The van der Waals surface area contributed by atoms with Crippen LogP contribution < -0.4 is 37.6 Å². The number of carbonyl (C=O) groups is 8. The van der Waals surface area contributed by atoms with E-state index in [1.165, 1.54) is 46.6 Å². The molecule has 398 valence electrons. The molecule has 0 unspecified atom stereocenters. The molecule has 8 amide bonds. The molecule has 0 saturated carbocycles. The van der Waals surface area contributed by atoms with Crippen molar-refractivity contribution >= 4 is 47.3 Å². The number of amides is 8. The number of likely N-dealkylation sites (tertiary alicyclic amines) is 2. The van der Waals surface area contributed by atoms with Crippen molar-refractivity contribution in [3.63, 3.8) is 0 Å². The summed E-state index contributed by atoms with van der Waals surface area (Å²) in [6.45, 7) is 16.1. The highest BCUT2D eigenvalue weighted by Crippen LogP contribution is 2.34. The summed E-state index contributed by atoms with van der Waals surface area (Å²) >= 11 is 0. The van der Waals surface area contributed by atoms with Crippen molar-refractivity contribution < 1.29 is 38.4 Å². The van der Waals surface area contributed by atoms with Crippen LogP contribution in [0.2, 0.25) is 0 Å². The second-order valence-electron chi connectivity index (χ2n) is 23.3. The normalized spacial score (nSPS) is 22.8. The van der Waals surface area contributed by atoms with Gasteiger partial charge in [-0.2, -0.15) is 0 Å². The molecule has 2 aliphatic heterocycles. The number of benzene rings is 3. The molecule has 4 aliphatic rings. The third-order valence-corrected chi connectivity index (χ3v) is 15.0. The van der Waals surface area contributed by atoms with E-state index in [9.17, 15) is 38.4 Å². The van der Waals surface area contributed by atoms with Gasteiger partial charge in [0.15, 0.2) is 0 Å². The van der Waals surface area contributed by atoms with Crippen LogP contribution in [0.4, 0.5) is 0 Å². The summed E-state index contributed by atoms with van der Waals surface area (Å²) in [5, 5.41) is 18.2. The minimum absolute atomic E-state index is 0.000494. The standard InChI is InChI=1S/C57H77N9O8/c1-32(2)48(67)63-46(56(4,5)6)54(73)65-30-38(28-44(65)52(71)61-42-22-14-18-34-16-10-12-20-40(34)42)59-50(69)36-24-26-37(27-25-36)51(70)60-39-29-45(53(72)62-43-23-15-19-35-17-11-13-21-41(35)43)66(31-39)55(74)47(57(7,8)9)64-49(68)33(3)58/h10-13,16-17,20-21,24-27,32-33,38-39,42-47H,14-15,18-19,22-23,28-31,58H2,1-9H3,(H,59,69)(H,60,70)(H,61,71)(H,62,72)(H,63,67)(H,64,68)/t33-,38-,39-,42+,43+,44-,45-,46+,47+/m0/s1. The maximum absolute atomic E-state index is 14.6. The van der Waals surface area contributed by atoms with Crippen molar-refractivity contribution in [1.82, 2.24) is 41.7 Å². The van der Waals surface area contributed by atoms with E-state index in [-0.39, 0.29) is 72.8 Å². The largest absolute Gasteiger partial charge is 0.347 e. The number of aryl methyl sites for hydroxylation is 2. The van der Waals surface area contributed by atoms with E-state index in [0.717, 1.165) is 55.2 Å². The second-order valence-corrected chi connectivity index (χ2v) is 23.3. The fourth-order valence-electron chi connectivity index (χ4n) is 10.7. The zero-order valence-corrected chi connectivity index (χ0v) is 44.5. The zero-order valence-electron chi connectivity index (χ0n) is 44.5. The van der Waals surface area contributed by atoms with Crippen LogP contribution >= 0.6 is 0 Å². The Bertz CT molecular complexity index is 2430. The second kappa shape index (κ2) is 22.9. The maximum atomic E-state index is 14.6. The first-order valence-electron chi connectivity index (χ1n) is 26.4. The lowest BCUT2D eigenvalue weighted by Gasteiger charge is -2.36. The van der Waals surface area contributed by atoms with Crippen molar-refractivity contribution in [2.45, 2.75) is 168 Å². The number of hydrogen-bond acceptors (Lipinski definition) is 9. The van der Waals surface area contributed by atoms with Gasteiger partial charge in [0.2, 0.25) is 35.4 Å². The molecule has 3 aromatic carbocycles. The lowest BCUT2D eigenvalue weighted by Crippen LogP contribution is -2.59. The van der Waals surface area contributed by atoms with E-state index in [0.29, 0.717) is 0 Å². The molecule has 0 aromatic heterocycles. The van der Waals surface area contributed by atoms with E-state index >= 15 is 0 Å². The molecule has 0 radical (unpaired) electrons. The molecule has 0 bridgehead atoms. The molecule has 9 atom stereocenters. The summed E-state index contributed by atoms with van der Waals surface area (Å²) in [4.78, 5) is 114. The van der Waals surface area contributed by atoms with Crippen molar-refractivity contribution in [2.24, 2.45) is 22.5 Å². The van der Waals surface area contributed by atoms with E-state index in [1.807, 2.05) is 77.9 Å². The minimum atomic E-state index is -1.02. The van der Waals surface area contributed by atoms with Crippen LogP contribution in [0.3, 0.4) is 0 Å². The smallest absolute Gasteiger partial charge is 0.251 e. The molecule has 0 spiro atoms. The number of carbonyl (C=O) groups excluding carboxylic acids is 8. The third kappa shape index (κ3) is 12.8. The van der Waals surface area contributed by atoms with Crippen LogP contribution in [0.1, 0.15) is 156 Å². The molecule has 3 aromatic rings. The Balaban J connectivity index is 1.05. The predicted octanol–water partition coefficient (Wildman–Crippen LogP) is 4.54. The number of fused-ring (bicyclic) bond motifs is 2. The Kier molecular flexibility index (Phi) is 17.0. The molecule has 2 heterocycles. The van der Waals surface area contributed by atoms with Crippen LogP contribution in [-0.4, -0.2) is 112 Å². The summed E-state index contributed by atoms with van der Waals surface area (Å²) in [7, 11) is 0. The summed E-state index contributed by atoms with van der Waals surface area (Å²) in [6, 6.07) is 15.6. The summed E-state index contributed by atoms with van der Waals surface area (Å²) in [6.07, 6.45) is 5.33. The molecular formula is C57H77N9O8. The fraction of sp³-hybridized carbons (Fsp3) is 0.544. The number of nitrogens with zero attached hydrogens (tertiary/aromatic N) is 2. The van der Waals surface area contributed by atoms with Crippen LogP contribution in [0.15, 0.2) is 72.8 Å². The van der Waals surface area contributed by atoms with Gasteiger partial charge in [-0.1, -0.05) is 104 Å². The molecule has 8 N–H and O–H groups in total. The summed E-state index contributed by atoms with van der Waals surface area (Å²) in [5.74, 6) is -3.71. The predicted molar refractivity (Wildman–Crippen MR) is 281 cm³/mol. The highest BCUT2D eigenvalue weighted by molar-refractivity contribution is 5.99.